The van der Waals surface area contributed by atoms with Crippen molar-refractivity contribution in [1.82, 2.24) is 14.1 Å². The third-order valence-corrected chi connectivity index (χ3v) is 11.1. The van der Waals surface area contributed by atoms with E-state index in [2.05, 4.69) is 28.5 Å². The summed E-state index contributed by atoms with van der Waals surface area (Å²) >= 11 is 1.77. The topological polar surface area (TPSA) is 70.2 Å². The fourth-order valence-corrected chi connectivity index (χ4v) is 8.53. The van der Waals surface area contributed by atoms with Crippen molar-refractivity contribution in [2.75, 3.05) is 39.8 Å². The molecule has 2 aliphatic heterocycles. The average Bonchev–Trinajstić information content (AvgIpc) is 3.45. The highest BCUT2D eigenvalue weighted by molar-refractivity contribution is 7.89. The van der Waals surface area contributed by atoms with Gasteiger partial charge in [-0.15, -0.1) is 11.3 Å². The van der Waals surface area contributed by atoms with Crippen molar-refractivity contribution in [2.45, 2.75) is 30.3 Å². The van der Waals surface area contributed by atoms with Crippen molar-refractivity contribution < 1.29 is 17.9 Å². The molecular formula is C31H33N3O4S2. The largest absolute Gasteiger partial charge is 0.497 e. The number of nitrogens with zero attached hydrogens (tertiary/aromatic N) is 3. The molecular weight excluding hydrogens is 542 g/mol. The minimum atomic E-state index is -3.68. The molecule has 0 unspecified atom stereocenters. The van der Waals surface area contributed by atoms with E-state index in [0.29, 0.717) is 18.0 Å². The minimum Gasteiger partial charge on any atom is -0.497 e. The van der Waals surface area contributed by atoms with Gasteiger partial charge < -0.3 is 9.64 Å². The van der Waals surface area contributed by atoms with Crippen LogP contribution < -0.4 is 4.74 Å². The Morgan fingerprint density at radius 2 is 1.75 bits per heavy atom. The van der Waals surface area contributed by atoms with Crippen LogP contribution in [0.4, 0.5) is 0 Å². The van der Waals surface area contributed by atoms with Crippen LogP contribution in [0.3, 0.4) is 0 Å². The summed E-state index contributed by atoms with van der Waals surface area (Å²) in [5, 5.41) is 4.03. The Bertz CT molecular complexity index is 1630. The van der Waals surface area contributed by atoms with E-state index < -0.39 is 10.0 Å². The van der Waals surface area contributed by atoms with Gasteiger partial charge in [0.1, 0.15) is 5.75 Å². The lowest BCUT2D eigenvalue weighted by Crippen LogP contribution is -2.57. The molecule has 1 amide bonds. The maximum absolute atomic E-state index is 13.6. The van der Waals surface area contributed by atoms with Gasteiger partial charge in [0, 0.05) is 37.1 Å². The number of benzene rings is 3. The monoisotopic (exact) mass is 575 g/mol. The number of methoxy groups -OCH3 is 1. The first-order valence-electron chi connectivity index (χ1n) is 13.6. The molecule has 1 saturated heterocycles. The molecule has 0 spiro atoms. The van der Waals surface area contributed by atoms with Crippen LogP contribution in [0.2, 0.25) is 0 Å². The number of amides is 1. The van der Waals surface area contributed by atoms with Crippen molar-refractivity contribution in [3.05, 3.63) is 94.2 Å². The Hall–Kier alpha value is -3.24. The smallest absolute Gasteiger partial charge is 0.243 e. The lowest BCUT2D eigenvalue weighted by molar-refractivity contribution is -0.135. The number of carbonyl (C=O) groups excluding carboxylic acids is 1. The van der Waals surface area contributed by atoms with Crippen LogP contribution in [0.25, 0.3) is 10.8 Å². The second kappa shape index (κ2) is 11.0. The summed E-state index contributed by atoms with van der Waals surface area (Å²) in [4.78, 5) is 19.3. The summed E-state index contributed by atoms with van der Waals surface area (Å²) in [5.74, 6) is 0.838. The molecule has 4 aromatic rings. The molecule has 0 saturated carbocycles. The number of piperazine rings is 1. The van der Waals surface area contributed by atoms with Gasteiger partial charge in [0.15, 0.2) is 0 Å². The molecule has 0 radical (unpaired) electrons. The summed E-state index contributed by atoms with van der Waals surface area (Å²) < 4.78 is 34.0. The fraction of sp³-hybridized carbons (Fsp3) is 0.323. The van der Waals surface area contributed by atoms with E-state index in [4.69, 9.17) is 4.74 Å². The molecule has 9 heteroatoms. The Kier molecular flexibility index (Phi) is 7.39. The molecule has 1 aromatic heterocycles. The standard InChI is InChI=1S/C31H33N3O4S2/c1-22-20-32(16-17-34(22)40(36,37)27-12-9-23-5-3-4-6-25(23)19-27)30(35)21-33-15-13-29-28(14-18-39-29)31(33)24-7-10-26(38-2)11-8-24/h3-12,14,18-19,22,31H,13,15-17,20-21H2,1-2H3/t22-,31+/m0/s1. The van der Waals surface area contributed by atoms with E-state index in [9.17, 15) is 13.2 Å². The summed E-state index contributed by atoms with van der Waals surface area (Å²) in [7, 11) is -2.02. The number of sulfonamides is 1. The van der Waals surface area contributed by atoms with Gasteiger partial charge in [0.05, 0.1) is 24.6 Å². The number of carbonyl (C=O) groups is 1. The Morgan fingerprint density at radius 3 is 2.50 bits per heavy atom. The quantitative estimate of drug-likeness (QED) is 0.331. The Balaban J connectivity index is 1.17. The SMILES string of the molecule is COc1ccc([C@@H]2c3ccsc3CCN2CC(=O)N2CCN(S(=O)(=O)c3ccc4ccccc4c3)[C@@H](C)C2)cc1. The number of rotatable bonds is 6. The van der Waals surface area contributed by atoms with Gasteiger partial charge in [-0.25, -0.2) is 8.42 Å². The van der Waals surface area contributed by atoms with Crippen LogP contribution in [0.1, 0.15) is 29.0 Å². The molecule has 2 aliphatic rings. The van der Waals surface area contributed by atoms with Gasteiger partial charge in [0.25, 0.3) is 0 Å². The van der Waals surface area contributed by atoms with Gasteiger partial charge >= 0.3 is 0 Å². The highest BCUT2D eigenvalue weighted by Gasteiger charge is 2.37. The molecule has 7 nitrogen and oxygen atoms in total. The molecule has 0 bridgehead atoms. The second-order valence-corrected chi connectivity index (χ2v) is 13.4. The van der Waals surface area contributed by atoms with Gasteiger partial charge in [0.2, 0.25) is 15.9 Å². The number of ether oxygens (including phenoxy) is 1. The number of thiophene rings is 1. The number of fused-ring (bicyclic) bond motifs is 2. The minimum absolute atomic E-state index is 0.00292. The predicted molar refractivity (Wildman–Crippen MR) is 158 cm³/mol. The molecule has 0 aliphatic carbocycles. The van der Waals surface area contributed by atoms with E-state index >= 15 is 0 Å². The molecule has 3 heterocycles. The van der Waals surface area contributed by atoms with E-state index in [1.165, 1.54) is 10.4 Å². The van der Waals surface area contributed by atoms with Crippen LogP contribution in [-0.4, -0.2) is 74.3 Å². The molecule has 208 valence electrons. The fourth-order valence-electron chi connectivity index (χ4n) is 5.98. The second-order valence-electron chi connectivity index (χ2n) is 10.5. The first-order chi connectivity index (χ1) is 19.3. The Morgan fingerprint density at radius 1 is 0.975 bits per heavy atom. The zero-order valence-corrected chi connectivity index (χ0v) is 24.3. The molecule has 2 atom stereocenters. The zero-order chi connectivity index (χ0) is 27.9. The van der Waals surface area contributed by atoms with Gasteiger partial charge in [-0.2, -0.15) is 4.31 Å². The van der Waals surface area contributed by atoms with Crippen LogP contribution in [0, 0.1) is 0 Å². The van der Waals surface area contributed by atoms with E-state index in [1.54, 1.807) is 34.9 Å². The summed E-state index contributed by atoms with van der Waals surface area (Å²) in [6.07, 6.45) is 0.918. The number of hydrogen-bond acceptors (Lipinski definition) is 6. The van der Waals surface area contributed by atoms with Crippen molar-refractivity contribution in [1.29, 1.82) is 0 Å². The molecule has 3 aromatic carbocycles. The van der Waals surface area contributed by atoms with Crippen LogP contribution in [-0.2, 0) is 21.2 Å². The van der Waals surface area contributed by atoms with Crippen molar-refractivity contribution in [3.63, 3.8) is 0 Å². The predicted octanol–water partition coefficient (Wildman–Crippen LogP) is 4.78. The number of hydrogen-bond donors (Lipinski definition) is 0. The highest BCUT2D eigenvalue weighted by atomic mass is 32.2. The van der Waals surface area contributed by atoms with Crippen LogP contribution in [0.5, 0.6) is 5.75 Å². The summed E-state index contributed by atoms with van der Waals surface area (Å²) in [5.41, 5.74) is 2.39. The van der Waals surface area contributed by atoms with E-state index in [0.717, 1.165) is 35.1 Å². The summed E-state index contributed by atoms with van der Waals surface area (Å²) in [6, 6.07) is 22.9. The first-order valence-corrected chi connectivity index (χ1v) is 15.9. The molecule has 6 rings (SSSR count). The maximum atomic E-state index is 13.6. The highest BCUT2D eigenvalue weighted by Crippen LogP contribution is 2.38. The van der Waals surface area contributed by atoms with Gasteiger partial charge in [-0.1, -0.05) is 42.5 Å². The first kappa shape index (κ1) is 27.0. The lowest BCUT2D eigenvalue weighted by Gasteiger charge is -2.41. The maximum Gasteiger partial charge on any atom is 0.243 e. The van der Waals surface area contributed by atoms with E-state index in [1.807, 2.05) is 54.3 Å². The lowest BCUT2D eigenvalue weighted by atomic mass is 9.93. The normalized spacial score (nSPS) is 20.4. The van der Waals surface area contributed by atoms with Crippen molar-refractivity contribution in [3.8, 4) is 5.75 Å². The third-order valence-electron chi connectivity index (χ3n) is 8.08. The van der Waals surface area contributed by atoms with E-state index in [-0.39, 0.29) is 31.1 Å². The molecule has 40 heavy (non-hydrogen) atoms. The molecule has 1 fully saturated rings. The molecule has 0 N–H and O–H groups in total. The van der Waals surface area contributed by atoms with Crippen LogP contribution >= 0.6 is 11.3 Å². The van der Waals surface area contributed by atoms with Crippen molar-refractivity contribution >= 4 is 38.0 Å². The van der Waals surface area contributed by atoms with Crippen molar-refractivity contribution in [2.24, 2.45) is 0 Å². The Labute approximate surface area is 239 Å². The average molecular weight is 576 g/mol. The zero-order valence-electron chi connectivity index (χ0n) is 22.7. The van der Waals surface area contributed by atoms with Gasteiger partial charge in [-0.05, 0) is 71.0 Å². The van der Waals surface area contributed by atoms with Crippen LogP contribution in [0.15, 0.2) is 83.1 Å². The van der Waals surface area contributed by atoms with Gasteiger partial charge in [-0.3, -0.25) is 9.69 Å². The summed E-state index contributed by atoms with van der Waals surface area (Å²) in [6.45, 7) is 3.99. The third kappa shape index (κ3) is 5.03.